The molecule has 5 saturated heterocycles. The van der Waals surface area contributed by atoms with E-state index in [2.05, 4.69) is 203 Å². The molecule has 45 heteroatoms. The quantitative estimate of drug-likeness (QED) is 0.0300. The number of fused-ring (bicyclic) bond motifs is 4. The number of H-pyrrole nitrogens is 5. The van der Waals surface area contributed by atoms with E-state index in [-0.39, 0.29) is 52.8 Å². The highest BCUT2D eigenvalue weighted by atomic mass is 32.1. The number of carbonyl (C=O) groups is 5. The number of aromatic amines is 5. The minimum absolute atomic E-state index is 0.0376. The van der Waals surface area contributed by atoms with Gasteiger partial charge in [0.2, 0.25) is 29.1 Å². The molecule has 0 spiro atoms. The average Bonchev–Trinajstić information content (AvgIpc) is 1.67. The summed E-state index contributed by atoms with van der Waals surface area (Å²) in [5.41, 5.74) is 14.7. The second kappa shape index (κ2) is 45.9. The molecule has 0 radical (unpaired) electrons. The zero-order chi connectivity index (χ0) is 101. The van der Waals surface area contributed by atoms with Crippen LogP contribution in [0.5, 0.6) is 5.75 Å². The summed E-state index contributed by atoms with van der Waals surface area (Å²) in [7, 11) is 1.65. The van der Waals surface area contributed by atoms with Crippen LogP contribution in [0.25, 0.3) is 98.5 Å². The molecule has 19 aromatic rings. The number of thiophene rings is 2. The number of carbonyl (C=O) groups excluding carboxylic acids is 5. The van der Waals surface area contributed by atoms with Crippen molar-refractivity contribution in [2.45, 2.75) is 6.42 Å². The van der Waals surface area contributed by atoms with Crippen molar-refractivity contribution in [1.29, 1.82) is 0 Å². The van der Waals surface area contributed by atoms with Crippen LogP contribution in [0.4, 0.5) is 56.9 Å². The highest BCUT2D eigenvalue weighted by molar-refractivity contribution is 7.22. The molecule has 5 fully saturated rings. The number of piperazine rings is 5. The Hall–Kier alpha value is -18.0. The summed E-state index contributed by atoms with van der Waals surface area (Å²) in [5, 5.41) is 69.0. The van der Waals surface area contributed by atoms with Gasteiger partial charge in [-0.15, -0.1) is 38.0 Å². The van der Waals surface area contributed by atoms with Crippen molar-refractivity contribution in [1.82, 2.24) is 127 Å². The lowest BCUT2D eigenvalue weighted by molar-refractivity contribution is 0.101. The number of ether oxygens (including phenoxy) is 1. The van der Waals surface area contributed by atoms with Crippen LogP contribution in [0.15, 0.2) is 253 Å². The van der Waals surface area contributed by atoms with E-state index < -0.39 is 5.91 Å². The van der Waals surface area contributed by atoms with Gasteiger partial charge in [0.15, 0.2) is 34.9 Å². The van der Waals surface area contributed by atoms with Crippen molar-refractivity contribution >= 4 is 153 Å². The Labute approximate surface area is 858 Å². The number of nitrogens with zero attached hydrogens (tertiary/aromatic N) is 20. The molecule has 149 heavy (non-hydrogen) atoms. The summed E-state index contributed by atoms with van der Waals surface area (Å²) in [6.45, 7) is 17.8. The van der Waals surface area contributed by atoms with Crippen LogP contribution in [-0.4, -0.2) is 268 Å². The van der Waals surface area contributed by atoms with Crippen LogP contribution in [-0.2, 0) is 6.42 Å². The van der Waals surface area contributed by atoms with E-state index in [1.54, 1.807) is 98.0 Å². The Kier molecular flexibility index (Phi) is 29.9. The number of hydrogen-bond acceptors (Lipinski definition) is 35. The highest BCUT2D eigenvalue weighted by Crippen LogP contribution is 2.39. The lowest BCUT2D eigenvalue weighted by Gasteiger charge is -2.30. The molecule has 43 nitrogen and oxygen atoms in total. The van der Waals surface area contributed by atoms with Gasteiger partial charge in [-0.2, -0.15) is 15.2 Å². The number of rotatable bonds is 22. The van der Waals surface area contributed by atoms with Crippen LogP contribution in [0.1, 0.15) is 70.0 Å². The van der Waals surface area contributed by atoms with Gasteiger partial charge < -0.3 is 91.2 Å². The van der Waals surface area contributed by atoms with Gasteiger partial charge >= 0.3 is 0 Å². The number of allylic oxidation sites excluding steroid dienone is 1. The van der Waals surface area contributed by atoms with Gasteiger partial charge in [-0.25, -0.2) is 19.9 Å². The number of amides is 5. The van der Waals surface area contributed by atoms with Crippen molar-refractivity contribution in [2.24, 2.45) is 0 Å². The molecule has 6 aliphatic rings. The standard InChI is InChI=1S/C22H23N7O2.C22H21N7OS.2C20H19N7O2.C20H19N7OS/c1-31-17-3-2-14-10-16(11-15(14)12-17)20-26-21(28-27-20)22(30)25-18-13-24-5-4-19(18)29-8-6-23-7-9-29;30-22(25-16-14-24-9-8-17(16)29-12-10-23-11-13-29)21-26-20(27-28-21)19-7-6-18(31-19)15-4-2-1-3-5-15;28-20(23-15-12-22-5-3-16(15)27-8-6-21-7-9-27)19-24-18(25-26-19)14-1-2-17-13(11-14)4-10-29-17;2*28-20(23-14-12-22-6-5-15(14)27-9-7-21-8-10-27)19-24-18(25-26-19)17-11-13-3-1-2-4-16(13)29-17/h2-5,11-13,23H,6-10H2,1H3,(H,25,30)(H,26,27,28);1-9,14,23H,10-13H2,(H,25,30)(H,26,27,28);1-5,10-12,21H,6-9H2,(H,23,28)(H,24,25,26);2*1-6,11-12,21H,7-10H2,(H,23,28)(H,24,25,26). The number of hydrogen-bond donors (Lipinski definition) is 15. The fourth-order valence-corrected chi connectivity index (χ4v) is 19.7. The van der Waals surface area contributed by atoms with Gasteiger partial charge in [-0.1, -0.05) is 72.8 Å². The first-order chi connectivity index (χ1) is 73.3. The summed E-state index contributed by atoms with van der Waals surface area (Å²) >= 11 is 3.21. The lowest BCUT2D eigenvalue weighted by atomic mass is 10.1. The van der Waals surface area contributed by atoms with E-state index in [9.17, 15) is 24.0 Å². The Morgan fingerprint density at radius 2 is 0.785 bits per heavy atom. The van der Waals surface area contributed by atoms with Crippen molar-refractivity contribution in [3.8, 4) is 60.6 Å². The van der Waals surface area contributed by atoms with E-state index in [0.717, 1.165) is 229 Å². The summed E-state index contributed by atoms with van der Waals surface area (Å²) < 4.78 is 17.6. The van der Waals surface area contributed by atoms with Gasteiger partial charge in [0, 0.05) is 200 Å². The molecule has 5 aliphatic heterocycles. The van der Waals surface area contributed by atoms with Crippen molar-refractivity contribution < 1.29 is 37.5 Å². The van der Waals surface area contributed by atoms with Crippen LogP contribution in [0, 0.1) is 0 Å². The smallest absolute Gasteiger partial charge is 0.295 e. The lowest BCUT2D eigenvalue weighted by Crippen LogP contribution is -2.43. The van der Waals surface area contributed by atoms with Crippen LogP contribution >= 0.6 is 22.7 Å². The highest BCUT2D eigenvalue weighted by Gasteiger charge is 2.29. The minimum Gasteiger partial charge on any atom is -0.497 e. The van der Waals surface area contributed by atoms with Gasteiger partial charge in [-0.3, -0.25) is 74.4 Å². The van der Waals surface area contributed by atoms with E-state index in [4.69, 9.17) is 13.6 Å². The first-order valence-electron chi connectivity index (χ1n) is 48.5. The fraction of sp³-hybridized carbons (Fsp3) is 0.212. The van der Waals surface area contributed by atoms with Crippen molar-refractivity contribution in [3.05, 3.63) is 290 Å². The number of methoxy groups -OCH3 is 1. The maximum absolute atomic E-state index is 12.8. The molecule has 0 atom stereocenters. The molecule has 1 aliphatic carbocycles. The first kappa shape index (κ1) is 97.1. The molecule has 15 N–H and O–H groups in total. The minimum atomic E-state index is -0.409. The summed E-state index contributed by atoms with van der Waals surface area (Å²) in [6, 6.07) is 56.9. The predicted molar refractivity (Wildman–Crippen MR) is 573 cm³/mol. The Bertz CT molecular complexity index is 7550. The SMILES string of the molecule is COc1ccc2c(c1)C=C(c1n[nH]c(C(=O)Nc3cnccc3N3CCNCC3)n1)C2.O=C(Nc1cnccc1N1CCNCC1)c1n[nH]c(-c2cc3ccccc3o2)n1.O=C(Nc1cnccc1N1CCNCC1)c1n[nH]c(-c2cc3ccccc3s2)n1.O=C(Nc1cnccc1N1CCNCC1)c1n[nH]c(-c2ccc(-c3ccccc3)s2)n1.O=C(Nc1cnccc1N1CCNCC1)c1nc(-c2ccc3occc3c2)n[nH]1. The van der Waals surface area contributed by atoms with Crippen molar-refractivity contribution in [3.63, 3.8) is 0 Å². The molecule has 14 aromatic heterocycles. The molecular weight excluding hydrogens is 1930 g/mol. The number of nitrogens with one attached hydrogen (secondary N) is 15. The number of furan rings is 2. The number of pyridine rings is 5. The van der Waals surface area contributed by atoms with Gasteiger partial charge in [-0.05, 0) is 131 Å². The van der Waals surface area contributed by atoms with Gasteiger partial charge in [0.05, 0.1) is 111 Å². The summed E-state index contributed by atoms with van der Waals surface area (Å²) in [4.78, 5) is 121. The predicted octanol–water partition coefficient (Wildman–Crippen LogP) is 12.5. The number of benzene rings is 5. The van der Waals surface area contributed by atoms with Gasteiger partial charge in [0.1, 0.15) is 16.9 Å². The third-order valence-electron chi connectivity index (χ3n) is 25.3. The van der Waals surface area contributed by atoms with E-state index >= 15 is 0 Å². The second-order valence-corrected chi connectivity index (χ2v) is 37.0. The topological polar surface area (TPSA) is 530 Å². The average molecular weight is 2030 g/mol. The molecule has 25 rings (SSSR count). The molecular formula is C104H101N35O8S2. The molecule has 0 saturated carbocycles. The monoisotopic (exact) mass is 2030 g/mol. The van der Waals surface area contributed by atoms with Gasteiger partial charge in [0.25, 0.3) is 29.5 Å². The van der Waals surface area contributed by atoms with Crippen LogP contribution < -0.4 is 82.4 Å². The molecule has 5 amide bonds. The Morgan fingerprint density at radius 3 is 1.28 bits per heavy atom. The summed E-state index contributed by atoms with van der Waals surface area (Å²) in [6.07, 6.45) is 21.3. The normalized spacial score (nSPS) is 14.4. The molecule has 752 valence electrons. The molecule has 0 unspecified atom stereocenters. The third kappa shape index (κ3) is 23.2. The molecule has 5 aromatic carbocycles. The summed E-state index contributed by atoms with van der Waals surface area (Å²) in [5.74, 6) is 2.57. The zero-order valence-corrected chi connectivity index (χ0v) is 82.2. The zero-order valence-electron chi connectivity index (χ0n) is 80.5. The Balaban J connectivity index is 0.000000109. The first-order valence-corrected chi connectivity index (χ1v) is 50.1. The second-order valence-electron chi connectivity index (χ2n) is 34.9. The number of anilines is 10. The third-order valence-corrected chi connectivity index (χ3v) is 27.5. The molecule has 0 bridgehead atoms. The number of para-hydroxylation sites is 1. The number of aromatic nitrogens is 20. The maximum Gasteiger partial charge on any atom is 0.295 e. The van der Waals surface area contributed by atoms with Crippen LogP contribution in [0.3, 0.4) is 0 Å². The van der Waals surface area contributed by atoms with E-state index in [0.29, 0.717) is 69.7 Å². The molecule has 19 heterocycles. The van der Waals surface area contributed by atoms with E-state index in [1.165, 1.54) is 10.3 Å². The van der Waals surface area contributed by atoms with Crippen molar-refractivity contribution in [2.75, 3.05) is 189 Å². The largest absolute Gasteiger partial charge is 0.497 e. The Morgan fingerprint density at radius 1 is 0.356 bits per heavy atom. The fourth-order valence-electron chi connectivity index (χ4n) is 17.8. The van der Waals surface area contributed by atoms with E-state index in [1.807, 2.05) is 158 Å². The van der Waals surface area contributed by atoms with Crippen LogP contribution in [0.2, 0.25) is 0 Å². The maximum atomic E-state index is 12.8.